The maximum Gasteiger partial charge on any atom is 0.326 e. The molecule has 13 heavy (non-hydrogen) atoms. The molecular weight excluding hydrogens is 166 g/mol. The SMILES string of the molecule is CC1CCCC2=C1CC(C(=O)O)N2. The number of hydrogen-bond donors (Lipinski definition) is 2. The van der Waals surface area contributed by atoms with Gasteiger partial charge in [0.25, 0.3) is 0 Å². The van der Waals surface area contributed by atoms with Crippen molar-refractivity contribution in [1.82, 2.24) is 5.32 Å². The van der Waals surface area contributed by atoms with Crippen LogP contribution in [0.2, 0.25) is 0 Å². The molecule has 0 spiro atoms. The van der Waals surface area contributed by atoms with Crippen molar-refractivity contribution in [3.05, 3.63) is 11.3 Å². The van der Waals surface area contributed by atoms with Gasteiger partial charge in [-0.15, -0.1) is 0 Å². The lowest BCUT2D eigenvalue weighted by Gasteiger charge is -2.20. The van der Waals surface area contributed by atoms with Crippen LogP contribution in [0.3, 0.4) is 0 Å². The number of allylic oxidation sites excluding steroid dienone is 1. The average molecular weight is 181 g/mol. The van der Waals surface area contributed by atoms with E-state index in [1.807, 2.05) is 0 Å². The predicted octanol–water partition coefficient (Wildman–Crippen LogP) is 1.51. The molecule has 0 amide bonds. The molecular formula is C10H15NO2. The van der Waals surface area contributed by atoms with E-state index >= 15 is 0 Å². The van der Waals surface area contributed by atoms with Crippen LogP contribution in [-0.2, 0) is 4.79 Å². The van der Waals surface area contributed by atoms with Crippen LogP contribution >= 0.6 is 0 Å². The zero-order valence-electron chi connectivity index (χ0n) is 7.84. The van der Waals surface area contributed by atoms with Crippen molar-refractivity contribution in [3.8, 4) is 0 Å². The fourth-order valence-corrected chi connectivity index (χ4v) is 2.34. The van der Waals surface area contributed by atoms with Crippen molar-refractivity contribution in [1.29, 1.82) is 0 Å². The number of hydrogen-bond acceptors (Lipinski definition) is 2. The topological polar surface area (TPSA) is 49.3 Å². The Hall–Kier alpha value is -0.990. The van der Waals surface area contributed by atoms with E-state index in [0.717, 1.165) is 6.42 Å². The number of rotatable bonds is 1. The first-order valence-corrected chi connectivity index (χ1v) is 4.89. The van der Waals surface area contributed by atoms with Crippen molar-refractivity contribution in [2.45, 2.75) is 38.6 Å². The van der Waals surface area contributed by atoms with Gasteiger partial charge in [0.05, 0.1) is 0 Å². The maximum absolute atomic E-state index is 10.8. The van der Waals surface area contributed by atoms with Gasteiger partial charge in [0, 0.05) is 12.1 Å². The largest absolute Gasteiger partial charge is 0.480 e. The molecule has 72 valence electrons. The fraction of sp³-hybridized carbons (Fsp3) is 0.700. The van der Waals surface area contributed by atoms with E-state index in [9.17, 15) is 4.79 Å². The van der Waals surface area contributed by atoms with Crippen LogP contribution in [0.1, 0.15) is 32.6 Å². The molecule has 0 saturated heterocycles. The second-order valence-electron chi connectivity index (χ2n) is 4.04. The van der Waals surface area contributed by atoms with Gasteiger partial charge < -0.3 is 10.4 Å². The molecule has 3 heteroatoms. The van der Waals surface area contributed by atoms with E-state index in [4.69, 9.17) is 5.11 Å². The summed E-state index contributed by atoms with van der Waals surface area (Å²) in [7, 11) is 0. The Kier molecular flexibility index (Phi) is 2.02. The molecule has 0 radical (unpaired) electrons. The van der Waals surface area contributed by atoms with Gasteiger partial charge in [0.1, 0.15) is 6.04 Å². The molecule has 2 aliphatic rings. The van der Waals surface area contributed by atoms with E-state index in [0.29, 0.717) is 12.3 Å². The minimum absolute atomic E-state index is 0.356. The Labute approximate surface area is 77.8 Å². The highest BCUT2D eigenvalue weighted by Gasteiger charge is 2.32. The molecule has 0 fully saturated rings. The van der Waals surface area contributed by atoms with Gasteiger partial charge in [-0.05, 0) is 30.8 Å². The second-order valence-corrected chi connectivity index (χ2v) is 4.04. The highest BCUT2D eigenvalue weighted by atomic mass is 16.4. The monoisotopic (exact) mass is 181 g/mol. The predicted molar refractivity (Wildman–Crippen MR) is 49.2 cm³/mol. The second kappa shape index (κ2) is 3.05. The van der Waals surface area contributed by atoms with E-state index in [1.165, 1.54) is 24.1 Å². The Balaban J connectivity index is 2.13. The molecule has 2 N–H and O–H groups in total. The molecule has 1 heterocycles. The van der Waals surface area contributed by atoms with Crippen LogP contribution in [0.25, 0.3) is 0 Å². The molecule has 2 rings (SSSR count). The van der Waals surface area contributed by atoms with Gasteiger partial charge in [-0.25, -0.2) is 4.79 Å². The van der Waals surface area contributed by atoms with E-state index < -0.39 is 5.97 Å². The number of carboxylic acids is 1. The normalized spacial score (nSPS) is 32.7. The molecule has 2 unspecified atom stereocenters. The minimum atomic E-state index is -0.721. The van der Waals surface area contributed by atoms with Gasteiger partial charge in [-0.2, -0.15) is 0 Å². The van der Waals surface area contributed by atoms with Crippen LogP contribution < -0.4 is 5.32 Å². The summed E-state index contributed by atoms with van der Waals surface area (Å²) in [6, 6.07) is -0.356. The molecule has 2 atom stereocenters. The average Bonchev–Trinajstić information content (AvgIpc) is 2.49. The Bertz CT molecular complexity index is 270. The quantitative estimate of drug-likeness (QED) is 0.644. The highest BCUT2D eigenvalue weighted by Crippen LogP contribution is 2.35. The van der Waals surface area contributed by atoms with Crippen LogP contribution in [0, 0.1) is 5.92 Å². The third kappa shape index (κ3) is 1.43. The molecule has 0 aromatic rings. The molecule has 3 nitrogen and oxygen atoms in total. The molecule has 0 saturated carbocycles. The van der Waals surface area contributed by atoms with Gasteiger partial charge >= 0.3 is 5.97 Å². The summed E-state index contributed by atoms with van der Waals surface area (Å²) in [6.07, 6.45) is 4.17. The summed E-state index contributed by atoms with van der Waals surface area (Å²) >= 11 is 0. The van der Waals surface area contributed by atoms with Crippen LogP contribution in [0.4, 0.5) is 0 Å². The Morgan fingerprint density at radius 3 is 3.00 bits per heavy atom. The zero-order valence-corrected chi connectivity index (χ0v) is 7.84. The van der Waals surface area contributed by atoms with Crippen molar-refractivity contribution in [2.24, 2.45) is 5.92 Å². The number of carbonyl (C=O) groups is 1. The van der Waals surface area contributed by atoms with Gasteiger partial charge in [0.2, 0.25) is 0 Å². The maximum atomic E-state index is 10.8. The summed E-state index contributed by atoms with van der Waals surface area (Å²) < 4.78 is 0. The molecule has 0 aromatic heterocycles. The third-order valence-corrected chi connectivity index (χ3v) is 3.12. The Morgan fingerprint density at radius 1 is 1.62 bits per heavy atom. The van der Waals surface area contributed by atoms with Crippen molar-refractivity contribution in [3.63, 3.8) is 0 Å². The molecule has 1 aliphatic heterocycles. The molecule has 0 aromatic carbocycles. The first-order chi connectivity index (χ1) is 6.18. The molecule has 1 aliphatic carbocycles. The van der Waals surface area contributed by atoms with Crippen molar-refractivity contribution in [2.75, 3.05) is 0 Å². The third-order valence-electron chi connectivity index (χ3n) is 3.12. The summed E-state index contributed by atoms with van der Waals surface area (Å²) in [6.45, 7) is 2.19. The fourth-order valence-electron chi connectivity index (χ4n) is 2.34. The van der Waals surface area contributed by atoms with E-state index in [1.54, 1.807) is 0 Å². The Morgan fingerprint density at radius 2 is 2.38 bits per heavy atom. The lowest BCUT2D eigenvalue weighted by Crippen LogP contribution is -2.31. The van der Waals surface area contributed by atoms with Gasteiger partial charge in [-0.1, -0.05) is 6.92 Å². The zero-order chi connectivity index (χ0) is 9.42. The first kappa shape index (κ1) is 8.60. The van der Waals surface area contributed by atoms with Crippen LogP contribution in [0.5, 0.6) is 0 Å². The van der Waals surface area contributed by atoms with E-state index in [-0.39, 0.29) is 6.04 Å². The first-order valence-electron chi connectivity index (χ1n) is 4.89. The molecule has 0 bridgehead atoms. The summed E-state index contributed by atoms with van der Waals surface area (Å²) in [4.78, 5) is 10.8. The van der Waals surface area contributed by atoms with Gasteiger partial charge in [-0.3, -0.25) is 0 Å². The van der Waals surface area contributed by atoms with Crippen LogP contribution in [-0.4, -0.2) is 17.1 Å². The smallest absolute Gasteiger partial charge is 0.326 e. The summed E-state index contributed by atoms with van der Waals surface area (Å²) in [5, 5.41) is 12.0. The van der Waals surface area contributed by atoms with Crippen molar-refractivity contribution >= 4 is 5.97 Å². The van der Waals surface area contributed by atoms with Crippen LogP contribution in [0.15, 0.2) is 11.3 Å². The number of carboxylic acid groups (broad SMARTS) is 1. The summed E-state index contributed by atoms with van der Waals surface area (Å²) in [5.41, 5.74) is 2.57. The van der Waals surface area contributed by atoms with Crippen molar-refractivity contribution < 1.29 is 9.90 Å². The highest BCUT2D eigenvalue weighted by molar-refractivity contribution is 5.75. The standard InChI is InChI=1S/C10H15NO2/c1-6-3-2-4-8-7(6)5-9(11-8)10(12)13/h6,9,11H,2-5H2,1H3,(H,12,13). The lowest BCUT2D eigenvalue weighted by atomic mass is 9.86. The number of aliphatic carboxylic acids is 1. The number of nitrogens with one attached hydrogen (secondary N) is 1. The lowest BCUT2D eigenvalue weighted by molar-refractivity contribution is -0.139. The van der Waals surface area contributed by atoms with E-state index in [2.05, 4.69) is 12.2 Å². The van der Waals surface area contributed by atoms with Gasteiger partial charge in [0.15, 0.2) is 0 Å². The minimum Gasteiger partial charge on any atom is -0.480 e. The summed E-state index contributed by atoms with van der Waals surface area (Å²) in [5.74, 6) is -0.137.